The van der Waals surface area contributed by atoms with Crippen molar-refractivity contribution in [1.29, 1.82) is 0 Å². The summed E-state index contributed by atoms with van der Waals surface area (Å²) in [6.07, 6.45) is 5.58. The first kappa shape index (κ1) is 19.6. The SMILES string of the molecule is C=C/C(=C\N(C)C)c1cccc(-c2ncc(-c3nnc(C(C)=O)s3)c(C)n2)c1. The van der Waals surface area contributed by atoms with Crippen LogP contribution in [0.25, 0.3) is 27.5 Å². The number of aryl methyl sites for hydroxylation is 1. The maximum absolute atomic E-state index is 11.5. The minimum Gasteiger partial charge on any atom is -0.383 e. The predicted octanol–water partition coefficient (Wildman–Crippen LogP) is 4.26. The molecule has 0 bridgehead atoms. The zero-order valence-corrected chi connectivity index (χ0v) is 17.1. The van der Waals surface area contributed by atoms with Gasteiger partial charge in [-0.05, 0) is 24.1 Å². The molecule has 2 aromatic heterocycles. The smallest absolute Gasteiger partial charge is 0.190 e. The van der Waals surface area contributed by atoms with Crippen molar-refractivity contribution in [2.24, 2.45) is 0 Å². The monoisotopic (exact) mass is 391 g/mol. The van der Waals surface area contributed by atoms with E-state index in [1.54, 1.807) is 6.20 Å². The van der Waals surface area contributed by atoms with E-state index in [1.165, 1.54) is 18.3 Å². The molecule has 0 fully saturated rings. The zero-order chi connectivity index (χ0) is 20.3. The summed E-state index contributed by atoms with van der Waals surface area (Å²) >= 11 is 1.25. The van der Waals surface area contributed by atoms with Gasteiger partial charge in [0.15, 0.2) is 21.6 Å². The number of benzene rings is 1. The Balaban J connectivity index is 1.97. The highest BCUT2D eigenvalue weighted by Gasteiger charge is 2.14. The standard InChI is InChI=1S/C21H21N5OS/c1-6-15(12-26(4)5)16-8-7-9-17(10-16)19-22-11-18(13(2)23-19)21-25-24-20(28-21)14(3)27/h6-12H,1H2,2-5H3/b15-12+. The summed E-state index contributed by atoms with van der Waals surface area (Å²) in [5, 5.41) is 9.04. The molecule has 0 aliphatic rings. The second kappa shape index (κ2) is 8.22. The normalized spacial score (nSPS) is 11.4. The summed E-state index contributed by atoms with van der Waals surface area (Å²) in [5.74, 6) is 0.534. The fourth-order valence-corrected chi connectivity index (χ4v) is 3.45. The van der Waals surface area contributed by atoms with Crippen LogP contribution in [0.3, 0.4) is 0 Å². The number of nitrogens with zero attached hydrogens (tertiary/aromatic N) is 5. The van der Waals surface area contributed by atoms with E-state index < -0.39 is 0 Å². The number of ketones is 1. The van der Waals surface area contributed by atoms with Gasteiger partial charge < -0.3 is 4.90 Å². The van der Waals surface area contributed by atoms with Crippen LogP contribution in [-0.4, -0.2) is 44.9 Å². The van der Waals surface area contributed by atoms with Crippen LogP contribution in [0.4, 0.5) is 0 Å². The quantitative estimate of drug-likeness (QED) is 0.462. The van der Waals surface area contributed by atoms with E-state index in [0.717, 1.165) is 28.0 Å². The highest BCUT2D eigenvalue weighted by Crippen LogP contribution is 2.28. The maximum Gasteiger partial charge on any atom is 0.190 e. The molecule has 0 unspecified atom stereocenters. The van der Waals surface area contributed by atoms with Crippen molar-refractivity contribution >= 4 is 22.7 Å². The third-order valence-electron chi connectivity index (χ3n) is 4.01. The number of allylic oxidation sites excluding steroid dienone is 2. The van der Waals surface area contributed by atoms with Gasteiger partial charge in [-0.2, -0.15) is 0 Å². The number of Topliss-reactive ketones (excluding diaryl/α,β-unsaturated/α-hetero) is 1. The van der Waals surface area contributed by atoms with E-state index in [-0.39, 0.29) is 5.78 Å². The Morgan fingerprint density at radius 3 is 2.64 bits per heavy atom. The number of hydrogen-bond donors (Lipinski definition) is 0. The van der Waals surface area contributed by atoms with E-state index in [9.17, 15) is 4.79 Å². The molecule has 0 atom stereocenters. The molecule has 1 aromatic carbocycles. The van der Waals surface area contributed by atoms with Crippen molar-refractivity contribution in [1.82, 2.24) is 25.1 Å². The number of carbonyl (C=O) groups is 1. The van der Waals surface area contributed by atoms with E-state index in [2.05, 4.69) is 26.7 Å². The zero-order valence-electron chi connectivity index (χ0n) is 16.3. The predicted molar refractivity (Wildman–Crippen MR) is 113 cm³/mol. The van der Waals surface area contributed by atoms with Crippen molar-refractivity contribution in [2.45, 2.75) is 13.8 Å². The molecule has 0 aliphatic carbocycles. The Labute approximate surface area is 168 Å². The number of rotatable bonds is 6. The molecule has 3 aromatic rings. The van der Waals surface area contributed by atoms with Gasteiger partial charge in [0, 0.05) is 39.0 Å². The fourth-order valence-electron chi connectivity index (χ4n) is 2.65. The van der Waals surface area contributed by atoms with E-state index in [1.807, 2.05) is 62.5 Å². The van der Waals surface area contributed by atoms with Crippen LogP contribution < -0.4 is 0 Å². The van der Waals surface area contributed by atoms with Crippen molar-refractivity contribution in [3.63, 3.8) is 0 Å². The first-order valence-corrected chi connectivity index (χ1v) is 9.50. The molecule has 142 valence electrons. The number of hydrogen-bond acceptors (Lipinski definition) is 7. The van der Waals surface area contributed by atoms with Gasteiger partial charge in [0.25, 0.3) is 0 Å². The van der Waals surface area contributed by atoms with Gasteiger partial charge in [-0.15, -0.1) is 10.2 Å². The first-order chi connectivity index (χ1) is 13.4. The Morgan fingerprint density at radius 1 is 1.25 bits per heavy atom. The minimum atomic E-state index is -0.0976. The van der Waals surface area contributed by atoms with E-state index >= 15 is 0 Å². The van der Waals surface area contributed by atoms with Crippen LogP contribution >= 0.6 is 11.3 Å². The number of aromatic nitrogens is 4. The second-order valence-electron chi connectivity index (χ2n) is 6.49. The Morgan fingerprint density at radius 2 is 2.04 bits per heavy atom. The van der Waals surface area contributed by atoms with Crippen molar-refractivity contribution in [2.75, 3.05) is 14.1 Å². The van der Waals surface area contributed by atoms with Gasteiger partial charge in [0.2, 0.25) is 0 Å². The van der Waals surface area contributed by atoms with Gasteiger partial charge >= 0.3 is 0 Å². The Kier molecular flexibility index (Phi) is 5.75. The molecule has 0 radical (unpaired) electrons. The van der Waals surface area contributed by atoms with Crippen LogP contribution in [0.2, 0.25) is 0 Å². The molecular formula is C21H21N5OS. The fraction of sp³-hybridized carbons (Fsp3) is 0.190. The summed E-state index contributed by atoms with van der Waals surface area (Å²) in [4.78, 5) is 22.6. The van der Waals surface area contributed by atoms with Crippen molar-refractivity contribution in [3.8, 4) is 22.0 Å². The topological polar surface area (TPSA) is 71.9 Å². The van der Waals surface area contributed by atoms with Gasteiger partial charge in [0.1, 0.15) is 0 Å². The molecule has 0 spiro atoms. The van der Waals surface area contributed by atoms with E-state index in [0.29, 0.717) is 15.8 Å². The van der Waals surface area contributed by atoms with Crippen LogP contribution in [0.15, 0.2) is 49.3 Å². The molecule has 2 heterocycles. The van der Waals surface area contributed by atoms with Crippen molar-refractivity contribution in [3.05, 3.63) is 65.6 Å². The Hall–Kier alpha value is -3.19. The first-order valence-electron chi connectivity index (χ1n) is 8.69. The van der Waals surface area contributed by atoms with Crippen LogP contribution in [0, 0.1) is 6.92 Å². The number of carbonyl (C=O) groups excluding carboxylic acids is 1. The molecule has 0 N–H and O–H groups in total. The average Bonchev–Trinajstić information content (AvgIpc) is 3.16. The summed E-state index contributed by atoms with van der Waals surface area (Å²) in [7, 11) is 3.95. The highest BCUT2D eigenvalue weighted by molar-refractivity contribution is 7.16. The summed E-state index contributed by atoms with van der Waals surface area (Å²) < 4.78 is 0. The highest BCUT2D eigenvalue weighted by atomic mass is 32.1. The summed E-state index contributed by atoms with van der Waals surface area (Å²) in [6.45, 7) is 7.29. The molecule has 0 saturated heterocycles. The van der Waals surface area contributed by atoms with Gasteiger partial charge in [-0.3, -0.25) is 4.79 Å². The van der Waals surface area contributed by atoms with Crippen molar-refractivity contribution < 1.29 is 4.79 Å². The van der Waals surface area contributed by atoms with Crippen LogP contribution in [0.5, 0.6) is 0 Å². The lowest BCUT2D eigenvalue weighted by molar-refractivity contribution is 0.101. The molecule has 0 amide bonds. The second-order valence-corrected chi connectivity index (χ2v) is 7.47. The third-order valence-corrected chi connectivity index (χ3v) is 5.06. The molecule has 0 aliphatic heterocycles. The van der Waals surface area contributed by atoms with Gasteiger partial charge in [-0.1, -0.05) is 42.2 Å². The lowest BCUT2D eigenvalue weighted by Gasteiger charge is -2.10. The molecule has 3 rings (SSSR count). The minimum absolute atomic E-state index is 0.0976. The van der Waals surface area contributed by atoms with E-state index in [4.69, 9.17) is 0 Å². The molecule has 28 heavy (non-hydrogen) atoms. The molecular weight excluding hydrogens is 370 g/mol. The molecule has 7 heteroatoms. The summed E-state index contributed by atoms with van der Waals surface area (Å²) in [5.41, 5.74) is 4.55. The average molecular weight is 392 g/mol. The molecule has 6 nitrogen and oxygen atoms in total. The van der Waals surface area contributed by atoms with Crippen LogP contribution in [-0.2, 0) is 0 Å². The molecule has 0 saturated carbocycles. The maximum atomic E-state index is 11.5. The lowest BCUT2D eigenvalue weighted by Crippen LogP contribution is -2.02. The third kappa shape index (κ3) is 4.20. The summed E-state index contributed by atoms with van der Waals surface area (Å²) in [6, 6.07) is 8.04. The van der Waals surface area contributed by atoms with Gasteiger partial charge in [0.05, 0.1) is 11.3 Å². The Bertz CT molecular complexity index is 1070. The van der Waals surface area contributed by atoms with Gasteiger partial charge in [-0.25, -0.2) is 9.97 Å². The lowest BCUT2D eigenvalue weighted by atomic mass is 10.0. The largest absolute Gasteiger partial charge is 0.383 e. The van der Waals surface area contributed by atoms with Crippen LogP contribution in [0.1, 0.15) is 28.0 Å².